The maximum Gasteiger partial charge on any atom is 0.219 e. The van der Waals surface area contributed by atoms with Crippen LogP contribution in [-0.2, 0) is 4.79 Å². The summed E-state index contributed by atoms with van der Waals surface area (Å²) in [5.74, 6) is 0.895. The molecule has 5 nitrogen and oxygen atoms in total. The van der Waals surface area contributed by atoms with E-state index in [0.717, 1.165) is 50.5 Å². The largest absolute Gasteiger partial charge is 0.491 e. The molecule has 1 aromatic rings. The SMILES string of the molecule is CCCOc1cccc(N2CCCN(C(C)=O)CC2)c1N. The van der Waals surface area contributed by atoms with Crippen molar-refractivity contribution in [2.75, 3.05) is 43.4 Å². The number of nitrogens with two attached hydrogens (primary N) is 1. The van der Waals surface area contributed by atoms with Gasteiger partial charge < -0.3 is 20.3 Å². The number of amides is 1. The fourth-order valence-electron chi connectivity index (χ4n) is 2.62. The van der Waals surface area contributed by atoms with Crippen LogP contribution in [0.3, 0.4) is 0 Å². The smallest absolute Gasteiger partial charge is 0.219 e. The Balaban J connectivity index is 2.12. The fraction of sp³-hybridized carbons (Fsp3) is 0.562. The maximum atomic E-state index is 11.5. The van der Waals surface area contributed by atoms with Crippen LogP contribution in [-0.4, -0.2) is 43.6 Å². The zero-order chi connectivity index (χ0) is 15.2. The lowest BCUT2D eigenvalue weighted by atomic mass is 10.2. The molecule has 1 aliphatic heterocycles. The number of para-hydroxylation sites is 1. The van der Waals surface area contributed by atoms with E-state index in [-0.39, 0.29) is 5.91 Å². The highest BCUT2D eigenvalue weighted by Crippen LogP contribution is 2.32. The number of hydrogen-bond donors (Lipinski definition) is 1. The topological polar surface area (TPSA) is 58.8 Å². The van der Waals surface area contributed by atoms with E-state index in [1.165, 1.54) is 0 Å². The Kier molecular flexibility index (Phi) is 5.31. The molecule has 1 heterocycles. The molecule has 0 aromatic heterocycles. The van der Waals surface area contributed by atoms with Crippen LogP contribution in [0.2, 0.25) is 0 Å². The highest BCUT2D eigenvalue weighted by Gasteiger charge is 2.19. The van der Waals surface area contributed by atoms with E-state index in [1.807, 2.05) is 23.1 Å². The molecule has 2 N–H and O–H groups in total. The quantitative estimate of drug-likeness (QED) is 0.863. The lowest BCUT2D eigenvalue weighted by Gasteiger charge is -2.25. The van der Waals surface area contributed by atoms with Gasteiger partial charge in [0.25, 0.3) is 0 Å². The molecule has 21 heavy (non-hydrogen) atoms. The second kappa shape index (κ2) is 7.20. The molecule has 0 bridgehead atoms. The zero-order valence-corrected chi connectivity index (χ0v) is 13.0. The van der Waals surface area contributed by atoms with Gasteiger partial charge in [0.2, 0.25) is 5.91 Å². The molecular weight excluding hydrogens is 266 g/mol. The second-order valence-corrected chi connectivity index (χ2v) is 5.38. The lowest BCUT2D eigenvalue weighted by Crippen LogP contribution is -2.33. The van der Waals surface area contributed by atoms with Gasteiger partial charge in [-0.2, -0.15) is 0 Å². The highest BCUT2D eigenvalue weighted by molar-refractivity contribution is 5.75. The van der Waals surface area contributed by atoms with Crippen molar-refractivity contribution < 1.29 is 9.53 Å². The Morgan fingerprint density at radius 1 is 1.29 bits per heavy atom. The zero-order valence-electron chi connectivity index (χ0n) is 13.0. The minimum atomic E-state index is 0.143. The second-order valence-electron chi connectivity index (χ2n) is 5.38. The number of ether oxygens (including phenoxy) is 1. The molecule has 1 aliphatic rings. The van der Waals surface area contributed by atoms with Crippen LogP contribution in [0.1, 0.15) is 26.7 Å². The van der Waals surface area contributed by atoms with E-state index < -0.39 is 0 Å². The third kappa shape index (κ3) is 3.80. The van der Waals surface area contributed by atoms with Gasteiger partial charge in [-0.15, -0.1) is 0 Å². The summed E-state index contributed by atoms with van der Waals surface area (Å²) < 4.78 is 5.69. The predicted octanol–water partition coefficient (Wildman–Crippen LogP) is 2.12. The third-order valence-corrected chi connectivity index (χ3v) is 3.79. The van der Waals surface area contributed by atoms with Gasteiger partial charge in [-0.3, -0.25) is 4.79 Å². The first-order valence-electron chi connectivity index (χ1n) is 7.65. The van der Waals surface area contributed by atoms with Crippen molar-refractivity contribution >= 4 is 17.3 Å². The molecule has 0 aliphatic carbocycles. The molecule has 0 radical (unpaired) electrons. The summed E-state index contributed by atoms with van der Waals surface area (Å²) in [5.41, 5.74) is 7.96. The first kappa shape index (κ1) is 15.5. The van der Waals surface area contributed by atoms with E-state index in [4.69, 9.17) is 10.5 Å². The molecule has 2 rings (SSSR count). The molecule has 0 spiro atoms. The highest BCUT2D eigenvalue weighted by atomic mass is 16.5. The number of benzene rings is 1. The molecule has 0 saturated carbocycles. The van der Waals surface area contributed by atoms with Gasteiger partial charge in [0.1, 0.15) is 5.75 Å². The third-order valence-electron chi connectivity index (χ3n) is 3.79. The minimum Gasteiger partial charge on any atom is -0.491 e. The summed E-state index contributed by atoms with van der Waals surface area (Å²) in [4.78, 5) is 15.6. The van der Waals surface area contributed by atoms with Crippen molar-refractivity contribution in [1.29, 1.82) is 0 Å². The molecular formula is C16H25N3O2. The van der Waals surface area contributed by atoms with E-state index in [2.05, 4.69) is 11.8 Å². The Hall–Kier alpha value is -1.91. The lowest BCUT2D eigenvalue weighted by molar-refractivity contribution is -0.128. The van der Waals surface area contributed by atoms with Crippen LogP contribution < -0.4 is 15.4 Å². The standard InChI is InChI=1S/C16H25N3O2/c1-3-12-21-15-7-4-6-14(16(15)17)19-9-5-8-18(10-11-19)13(2)20/h4,6-7H,3,5,8-12,17H2,1-2H3. The van der Waals surface area contributed by atoms with Crippen LogP contribution in [0.4, 0.5) is 11.4 Å². The van der Waals surface area contributed by atoms with Crippen molar-refractivity contribution in [2.24, 2.45) is 0 Å². The van der Waals surface area contributed by atoms with Crippen molar-refractivity contribution in [3.05, 3.63) is 18.2 Å². The van der Waals surface area contributed by atoms with E-state index >= 15 is 0 Å². The van der Waals surface area contributed by atoms with Crippen molar-refractivity contribution in [3.63, 3.8) is 0 Å². The average molecular weight is 291 g/mol. The molecule has 0 atom stereocenters. The number of rotatable bonds is 4. The Morgan fingerprint density at radius 2 is 2.10 bits per heavy atom. The summed E-state index contributed by atoms with van der Waals surface area (Å²) >= 11 is 0. The van der Waals surface area contributed by atoms with E-state index in [9.17, 15) is 4.79 Å². The van der Waals surface area contributed by atoms with Gasteiger partial charge in [0.05, 0.1) is 18.0 Å². The van der Waals surface area contributed by atoms with Crippen LogP contribution in [0, 0.1) is 0 Å². The summed E-state index contributed by atoms with van der Waals surface area (Å²) in [7, 11) is 0. The minimum absolute atomic E-state index is 0.143. The number of nitrogens with zero attached hydrogens (tertiary/aromatic N) is 2. The Morgan fingerprint density at radius 3 is 2.81 bits per heavy atom. The van der Waals surface area contributed by atoms with Gasteiger partial charge in [-0.05, 0) is 25.0 Å². The predicted molar refractivity (Wildman–Crippen MR) is 85.7 cm³/mol. The van der Waals surface area contributed by atoms with Crippen LogP contribution >= 0.6 is 0 Å². The number of anilines is 2. The van der Waals surface area contributed by atoms with Gasteiger partial charge in [0, 0.05) is 33.1 Å². The molecule has 1 aromatic carbocycles. The number of nitrogen functional groups attached to an aromatic ring is 1. The maximum absolute atomic E-state index is 11.5. The van der Waals surface area contributed by atoms with Crippen molar-refractivity contribution in [1.82, 2.24) is 4.90 Å². The van der Waals surface area contributed by atoms with E-state index in [0.29, 0.717) is 12.3 Å². The monoisotopic (exact) mass is 291 g/mol. The Bertz CT molecular complexity index is 490. The summed E-state index contributed by atoms with van der Waals surface area (Å²) in [6, 6.07) is 5.91. The Labute approximate surface area is 126 Å². The number of hydrogen-bond acceptors (Lipinski definition) is 4. The first-order chi connectivity index (χ1) is 10.1. The molecule has 5 heteroatoms. The molecule has 116 valence electrons. The van der Waals surface area contributed by atoms with Crippen LogP contribution in [0.25, 0.3) is 0 Å². The fourth-order valence-corrected chi connectivity index (χ4v) is 2.62. The molecule has 1 fully saturated rings. The molecule has 1 saturated heterocycles. The summed E-state index contributed by atoms with van der Waals surface area (Å²) in [6.07, 6.45) is 1.92. The molecule has 0 unspecified atom stereocenters. The van der Waals surface area contributed by atoms with Gasteiger partial charge in [0.15, 0.2) is 0 Å². The summed E-state index contributed by atoms with van der Waals surface area (Å²) in [5, 5.41) is 0. The van der Waals surface area contributed by atoms with Crippen molar-refractivity contribution in [2.45, 2.75) is 26.7 Å². The van der Waals surface area contributed by atoms with Gasteiger partial charge in [-0.25, -0.2) is 0 Å². The number of carbonyl (C=O) groups is 1. The van der Waals surface area contributed by atoms with E-state index in [1.54, 1.807) is 6.92 Å². The van der Waals surface area contributed by atoms with Crippen LogP contribution in [0.15, 0.2) is 18.2 Å². The van der Waals surface area contributed by atoms with Crippen LogP contribution in [0.5, 0.6) is 5.75 Å². The summed E-state index contributed by atoms with van der Waals surface area (Å²) in [6.45, 7) is 7.65. The van der Waals surface area contributed by atoms with Gasteiger partial charge in [-0.1, -0.05) is 13.0 Å². The van der Waals surface area contributed by atoms with Crippen molar-refractivity contribution in [3.8, 4) is 5.75 Å². The molecule has 1 amide bonds. The number of carbonyl (C=O) groups excluding carboxylic acids is 1. The average Bonchev–Trinajstić information content (AvgIpc) is 2.72. The normalized spacial score (nSPS) is 15.7. The van der Waals surface area contributed by atoms with Gasteiger partial charge >= 0.3 is 0 Å². The first-order valence-corrected chi connectivity index (χ1v) is 7.65.